The van der Waals surface area contributed by atoms with Crippen molar-refractivity contribution < 1.29 is 18.0 Å². The van der Waals surface area contributed by atoms with Crippen LogP contribution in [-0.2, 0) is 4.79 Å². The Morgan fingerprint density at radius 3 is 2.35 bits per heavy atom. The second-order valence-electron chi connectivity index (χ2n) is 3.93. The van der Waals surface area contributed by atoms with E-state index in [0.29, 0.717) is 25.1 Å². The van der Waals surface area contributed by atoms with E-state index in [4.69, 9.17) is 11.6 Å². The second-order valence-corrected chi connectivity index (χ2v) is 4.31. The predicted molar refractivity (Wildman–Crippen MR) is 62.1 cm³/mol. The number of unbranched alkanes of at least 4 members (excludes halogenated alkanes) is 2. The molecule has 0 heterocycles. The maximum Gasteiger partial charge on any atom is 0.406 e. The normalized spacial score (nSPS) is 11.6. The van der Waals surface area contributed by atoms with Crippen molar-refractivity contribution in [2.45, 2.75) is 45.2 Å². The van der Waals surface area contributed by atoms with Crippen LogP contribution in [-0.4, -0.2) is 36.0 Å². The first-order valence-corrected chi connectivity index (χ1v) is 6.34. The number of carbonyl (C=O) groups excluding carboxylic acids is 1. The Labute approximate surface area is 105 Å². The van der Waals surface area contributed by atoms with Gasteiger partial charge < -0.3 is 4.90 Å². The minimum absolute atomic E-state index is 0.145. The van der Waals surface area contributed by atoms with E-state index in [2.05, 4.69) is 0 Å². The zero-order valence-electron chi connectivity index (χ0n) is 10.0. The molecule has 0 aromatic rings. The number of halogens is 4. The van der Waals surface area contributed by atoms with E-state index in [1.54, 1.807) is 0 Å². The van der Waals surface area contributed by atoms with Crippen molar-refractivity contribution in [3.63, 3.8) is 0 Å². The third-order valence-corrected chi connectivity index (χ3v) is 2.55. The maximum absolute atomic E-state index is 12.3. The Balaban J connectivity index is 4.19. The number of rotatable bonds is 8. The van der Waals surface area contributed by atoms with Gasteiger partial charge in [0.15, 0.2) is 0 Å². The molecule has 0 aliphatic heterocycles. The molecule has 0 spiro atoms. The highest BCUT2D eigenvalue weighted by Crippen LogP contribution is 2.18. The molecule has 0 N–H and O–H groups in total. The van der Waals surface area contributed by atoms with Crippen molar-refractivity contribution in [3.05, 3.63) is 0 Å². The third kappa shape index (κ3) is 9.27. The molecule has 0 atom stereocenters. The van der Waals surface area contributed by atoms with E-state index in [1.807, 2.05) is 6.92 Å². The fourth-order valence-electron chi connectivity index (χ4n) is 1.39. The number of amides is 1. The summed E-state index contributed by atoms with van der Waals surface area (Å²) in [5, 5.41) is 0. The van der Waals surface area contributed by atoms with Gasteiger partial charge in [-0.1, -0.05) is 13.3 Å². The summed E-state index contributed by atoms with van der Waals surface area (Å²) in [6, 6.07) is 0. The molecule has 0 bridgehead atoms. The number of nitrogens with zero attached hydrogens (tertiary/aromatic N) is 1. The van der Waals surface area contributed by atoms with E-state index in [-0.39, 0.29) is 13.0 Å². The molecule has 102 valence electrons. The van der Waals surface area contributed by atoms with E-state index < -0.39 is 18.6 Å². The van der Waals surface area contributed by atoms with Crippen molar-refractivity contribution in [3.8, 4) is 0 Å². The maximum atomic E-state index is 12.3. The molecule has 0 fully saturated rings. The minimum Gasteiger partial charge on any atom is -0.334 e. The van der Waals surface area contributed by atoms with Crippen molar-refractivity contribution in [2.24, 2.45) is 0 Å². The first-order valence-electron chi connectivity index (χ1n) is 5.81. The molecule has 0 aromatic heterocycles. The lowest BCUT2D eigenvalue weighted by atomic mass is 10.2. The van der Waals surface area contributed by atoms with E-state index in [9.17, 15) is 18.0 Å². The average Bonchev–Trinajstić information content (AvgIpc) is 2.22. The molecule has 0 aliphatic carbocycles. The zero-order valence-corrected chi connectivity index (χ0v) is 10.8. The predicted octanol–water partition coefficient (Wildman–Crippen LogP) is 3.59. The molecule has 0 radical (unpaired) electrons. The summed E-state index contributed by atoms with van der Waals surface area (Å²) in [4.78, 5) is 12.5. The smallest absolute Gasteiger partial charge is 0.334 e. The largest absolute Gasteiger partial charge is 0.406 e. The quantitative estimate of drug-likeness (QED) is 0.489. The van der Waals surface area contributed by atoms with Crippen LogP contribution < -0.4 is 0 Å². The number of alkyl halides is 4. The molecular formula is C11H19ClF3NO. The summed E-state index contributed by atoms with van der Waals surface area (Å²) < 4.78 is 36.8. The van der Waals surface area contributed by atoms with Gasteiger partial charge in [0, 0.05) is 18.8 Å². The molecular weight excluding hydrogens is 255 g/mol. The molecule has 0 rings (SSSR count). The standard InChI is InChI=1S/C11H19ClF3NO/c1-2-3-8-16(9-11(13,14)15)10(17)6-4-5-7-12/h2-9H2,1H3. The van der Waals surface area contributed by atoms with Crippen LogP contribution in [0.3, 0.4) is 0 Å². The van der Waals surface area contributed by atoms with Gasteiger partial charge in [0.05, 0.1) is 0 Å². The lowest BCUT2D eigenvalue weighted by Gasteiger charge is -2.23. The Kier molecular flexibility index (Phi) is 8.39. The van der Waals surface area contributed by atoms with Crippen molar-refractivity contribution >= 4 is 17.5 Å². The second kappa shape index (κ2) is 8.61. The van der Waals surface area contributed by atoms with Gasteiger partial charge in [-0.05, 0) is 19.3 Å². The summed E-state index contributed by atoms with van der Waals surface area (Å²) in [6.07, 6.45) is -1.62. The number of hydrogen-bond acceptors (Lipinski definition) is 1. The van der Waals surface area contributed by atoms with Gasteiger partial charge in [0.2, 0.25) is 5.91 Å². The van der Waals surface area contributed by atoms with Crippen molar-refractivity contribution in [2.75, 3.05) is 19.0 Å². The summed E-state index contributed by atoms with van der Waals surface area (Å²) in [5.41, 5.74) is 0. The lowest BCUT2D eigenvalue weighted by Crippen LogP contribution is -2.39. The molecule has 0 saturated heterocycles. The van der Waals surface area contributed by atoms with Crippen LogP contribution in [0.15, 0.2) is 0 Å². The first-order chi connectivity index (χ1) is 7.90. The fourth-order valence-corrected chi connectivity index (χ4v) is 1.58. The van der Waals surface area contributed by atoms with Crippen LogP contribution in [0.4, 0.5) is 13.2 Å². The van der Waals surface area contributed by atoms with Crippen LogP contribution in [0.1, 0.15) is 39.0 Å². The van der Waals surface area contributed by atoms with Crippen LogP contribution >= 0.6 is 11.6 Å². The van der Waals surface area contributed by atoms with E-state index in [1.165, 1.54) is 0 Å². The van der Waals surface area contributed by atoms with Crippen LogP contribution in [0, 0.1) is 0 Å². The summed E-state index contributed by atoms with van der Waals surface area (Å²) in [5.74, 6) is 0.00232. The first kappa shape index (κ1) is 16.6. The molecule has 0 unspecified atom stereocenters. The van der Waals surface area contributed by atoms with Gasteiger partial charge in [0.1, 0.15) is 6.54 Å². The van der Waals surface area contributed by atoms with E-state index >= 15 is 0 Å². The van der Waals surface area contributed by atoms with Gasteiger partial charge in [-0.2, -0.15) is 13.2 Å². The van der Waals surface area contributed by atoms with Crippen LogP contribution in [0.5, 0.6) is 0 Å². The Morgan fingerprint density at radius 1 is 1.24 bits per heavy atom. The Bertz CT molecular complexity index is 221. The van der Waals surface area contributed by atoms with Crippen LogP contribution in [0.2, 0.25) is 0 Å². The fraction of sp³-hybridized carbons (Fsp3) is 0.909. The SMILES string of the molecule is CCCCN(CC(F)(F)F)C(=O)CCCCCl. The molecule has 0 saturated carbocycles. The van der Waals surface area contributed by atoms with Gasteiger partial charge in [-0.3, -0.25) is 4.79 Å². The molecule has 17 heavy (non-hydrogen) atoms. The van der Waals surface area contributed by atoms with E-state index in [0.717, 1.165) is 11.3 Å². The minimum atomic E-state index is -4.32. The van der Waals surface area contributed by atoms with Gasteiger partial charge in [-0.15, -0.1) is 11.6 Å². The highest BCUT2D eigenvalue weighted by Gasteiger charge is 2.32. The molecule has 0 aliphatic rings. The monoisotopic (exact) mass is 273 g/mol. The van der Waals surface area contributed by atoms with Gasteiger partial charge in [0.25, 0.3) is 0 Å². The highest BCUT2D eigenvalue weighted by atomic mass is 35.5. The summed E-state index contributed by atoms with van der Waals surface area (Å²) in [7, 11) is 0. The highest BCUT2D eigenvalue weighted by molar-refractivity contribution is 6.17. The third-order valence-electron chi connectivity index (χ3n) is 2.28. The molecule has 0 aromatic carbocycles. The summed E-state index contributed by atoms with van der Waals surface area (Å²) >= 11 is 5.45. The molecule has 1 amide bonds. The lowest BCUT2D eigenvalue weighted by molar-refractivity contribution is -0.161. The topological polar surface area (TPSA) is 20.3 Å². The molecule has 6 heteroatoms. The Hall–Kier alpha value is -0.450. The Morgan fingerprint density at radius 2 is 1.88 bits per heavy atom. The summed E-state index contributed by atoms with van der Waals surface area (Å²) in [6.45, 7) is 0.909. The van der Waals surface area contributed by atoms with Crippen molar-refractivity contribution in [1.82, 2.24) is 4.90 Å². The van der Waals surface area contributed by atoms with Gasteiger partial charge in [-0.25, -0.2) is 0 Å². The van der Waals surface area contributed by atoms with Gasteiger partial charge >= 0.3 is 6.18 Å². The number of carbonyl (C=O) groups is 1. The molecule has 2 nitrogen and oxygen atoms in total. The number of hydrogen-bond donors (Lipinski definition) is 0. The average molecular weight is 274 g/mol. The van der Waals surface area contributed by atoms with Crippen molar-refractivity contribution in [1.29, 1.82) is 0 Å². The van der Waals surface area contributed by atoms with Crippen LogP contribution in [0.25, 0.3) is 0 Å². The zero-order chi connectivity index (χ0) is 13.3.